The first kappa shape index (κ1) is 40.7. The molecule has 0 aliphatic carbocycles. The molecular weight excluding hydrogens is 686 g/mol. The molecule has 3 aromatic carbocycles. The van der Waals surface area contributed by atoms with E-state index in [0.29, 0.717) is 48.7 Å². The van der Waals surface area contributed by atoms with Gasteiger partial charge in [-0.05, 0) is 25.0 Å². The lowest BCUT2D eigenvalue weighted by Crippen LogP contribution is -2.10. The minimum Gasteiger partial charge on any atom is -0.383 e. The smallest absolute Gasteiger partial charge is 0.311 e. The predicted molar refractivity (Wildman–Crippen MR) is 196 cm³/mol. The van der Waals surface area contributed by atoms with Crippen molar-refractivity contribution in [3.8, 4) is 0 Å². The summed E-state index contributed by atoms with van der Waals surface area (Å²) in [6.07, 6.45) is 12.0. The fourth-order valence-corrected chi connectivity index (χ4v) is 5.53. The van der Waals surface area contributed by atoms with E-state index in [1.165, 1.54) is 6.07 Å². The Morgan fingerprint density at radius 1 is 0.442 bits per heavy atom. The monoisotopic (exact) mass is 730 g/mol. The fourth-order valence-electron chi connectivity index (χ4n) is 5.53. The molecule has 0 spiro atoms. The molecule has 52 heavy (non-hydrogen) atoms. The van der Waals surface area contributed by atoms with Crippen molar-refractivity contribution >= 4 is 56.9 Å². The summed E-state index contributed by atoms with van der Waals surface area (Å²) in [6.45, 7) is 5.18. The van der Waals surface area contributed by atoms with Gasteiger partial charge in [-0.15, -0.1) is 0 Å². The van der Waals surface area contributed by atoms with Crippen LogP contribution in [0.5, 0.6) is 0 Å². The van der Waals surface area contributed by atoms with Crippen LogP contribution >= 0.6 is 0 Å². The van der Waals surface area contributed by atoms with Crippen LogP contribution in [0.15, 0.2) is 36.4 Å². The van der Waals surface area contributed by atoms with Crippen LogP contribution in [0.4, 0.5) is 65.7 Å². The number of nitrogens with one attached hydrogen (secondary N) is 4. The van der Waals surface area contributed by atoms with Crippen molar-refractivity contribution in [1.29, 1.82) is 0 Å². The van der Waals surface area contributed by atoms with Gasteiger partial charge in [-0.3, -0.25) is 40.5 Å². The Hall–Kier alpha value is -5.68. The SMILES string of the molecule is CCCCCCCCNc1cc(NCCCCCCCC)c(Nc2cc(F)c([N+](=O)[O-])cc2[N+](=O)[O-])cc1Nc1cc(F)c([N+](=O)[O-])cc1[N+](=O)[O-]. The molecule has 0 aromatic heterocycles. The highest BCUT2D eigenvalue weighted by molar-refractivity contribution is 5.90. The van der Waals surface area contributed by atoms with Crippen LogP contribution < -0.4 is 21.3 Å². The van der Waals surface area contributed by atoms with Crippen LogP contribution in [-0.4, -0.2) is 32.8 Å². The van der Waals surface area contributed by atoms with Gasteiger partial charge in [-0.2, -0.15) is 8.78 Å². The molecular formula is C34H44F2N8O8. The van der Waals surface area contributed by atoms with Gasteiger partial charge in [-0.25, -0.2) is 0 Å². The van der Waals surface area contributed by atoms with Crippen LogP contribution in [-0.2, 0) is 0 Å². The molecule has 0 amide bonds. The summed E-state index contributed by atoms with van der Waals surface area (Å²) in [5.74, 6) is -2.65. The van der Waals surface area contributed by atoms with Crippen molar-refractivity contribution in [2.75, 3.05) is 34.4 Å². The second-order valence-electron chi connectivity index (χ2n) is 12.3. The molecule has 0 aliphatic rings. The number of nitrogens with zero attached hydrogens (tertiary/aromatic N) is 4. The zero-order valence-corrected chi connectivity index (χ0v) is 29.2. The Kier molecular flexibility index (Phi) is 15.9. The molecule has 0 unspecified atom stereocenters. The molecule has 0 saturated carbocycles. The number of benzene rings is 3. The molecule has 0 fully saturated rings. The molecule has 0 bridgehead atoms. The average Bonchev–Trinajstić information content (AvgIpc) is 3.08. The molecule has 4 N–H and O–H groups in total. The Morgan fingerprint density at radius 2 is 0.769 bits per heavy atom. The van der Waals surface area contributed by atoms with E-state index in [1.807, 2.05) is 0 Å². The first-order chi connectivity index (χ1) is 24.9. The lowest BCUT2D eigenvalue weighted by atomic mass is 10.1. The van der Waals surface area contributed by atoms with E-state index in [4.69, 9.17) is 0 Å². The topological polar surface area (TPSA) is 221 Å². The maximum atomic E-state index is 14.8. The molecule has 3 aromatic rings. The van der Waals surface area contributed by atoms with Crippen LogP contribution in [0.25, 0.3) is 0 Å². The molecule has 0 saturated heterocycles. The zero-order valence-electron chi connectivity index (χ0n) is 29.2. The lowest BCUT2D eigenvalue weighted by molar-refractivity contribution is -0.395. The summed E-state index contributed by atoms with van der Waals surface area (Å²) < 4.78 is 29.6. The second kappa shape index (κ2) is 20.2. The summed E-state index contributed by atoms with van der Waals surface area (Å²) in [5.41, 5.74) is -3.59. The maximum Gasteiger partial charge on any atom is 0.311 e. The van der Waals surface area contributed by atoms with Crippen LogP contribution in [0.3, 0.4) is 0 Å². The third-order valence-electron chi connectivity index (χ3n) is 8.31. The number of nitro groups is 4. The van der Waals surface area contributed by atoms with Crippen molar-refractivity contribution < 1.29 is 28.5 Å². The van der Waals surface area contributed by atoms with Gasteiger partial charge in [0.25, 0.3) is 11.4 Å². The van der Waals surface area contributed by atoms with Crippen molar-refractivity contribution in [1.82, 2.24) is 0 Å². The normalized spacial score (nSPS) is 10.8. The number of unbranched alkanes of at least 4 members (excludes halogenated alkanes) is 10. The summed E-state index contributed by atoms with van der Waals surface area (Å²) in [5, 5.41) is 58.7. The van der Waals surface area contributed by atoms with Gasteiger partial charge in [-0.1, -0.05) is 78.1 Å². The van der Waals surface area contributed by atoms with Crippen molar-refractivity contribution in [2.45, 2.75) is 90.9 Å². The summed E-state index contributed by atoms with van der Waals surface area (Å²) in [6, 6.07) is 5.28. The fraction of sp³-hybridized carbons (Fsp3) is 0.471. The van der Waals surface area contributed by atoms with Gasteiger partial charge in [0.2, 0.25) is 11.6 Å². The van der Waals surface area contributed by atoms with Crippen molar-refractivity contribution in [2.24, 2.45) is 0 Å². The van der Waals surface area contributed by atoms with Gasteiger partial charge >= 0.3 is 11.4 Å². The Balaban J connectivity index is 2.13. The van der Waals surface area contributed by atoms with Gasteiger partial charge in [0.15, 0.2) is 0 Å². The van der Waals surface area contributed by atoms with Crippen molar-refractivity contribution in [3.05, 3.63) is 88.5 Å². The molecule has 0 radical (unpaired) electrons. The number of rotatable bonds is 24. The van der Waals surface area contributed by atoms with E-state index < -0.39 is 65.5 Å². The maximum absolute atomic E-state index is 14.8. The standard InChI is InChI=1S/C34H44F2N8O8/c1-3-5-7-9-11-13-15-37-25-19-26(38-16-14-12-10-8-6-4-2)28(40-30-18-24(36)32(42(47)48)22-34(30)44(51)52)20-27(25)39-29-17-23(35)31(41(45)46)21-33(29)43(49)50/h17-22,37-40H,3-16H2,1-2H3. The predicted octanol–water partition coefficient (Wildman–Crippen LogP) is 10.6. The number of hydrogen-bond donors (Lipinski definition) is 4. The largest absolute Gasteiger partial charge is 0.383 e. The Bertz CT molecular complexity index is 1620. The van der Waals surface area contributed by atoms with Crippen LogP contribution in [0, 0.1) is 52.1 Å². The summed E-state index contributed by atoms with van der Waals surface area (Å²) in [4.78, 5) is 42.5. The number of nitro benzene ring substituents is 4. The first-order valence-electron chi connectivity index (χ1n) is 17.3. The van der Waals surface area contributed by atoms with Crippen molar-refractivity contribution in [3.63, 3.8) is 0 Å². The number of hydrogen-bond acceptors (Lipinski definition) is 12. The minimum atomic E-state index is -1.33. The average molecular weight is 731 g/mol. The third kappa shape index (κ3) is 11.7. The number of anilines is 6. The molecule has 0 aliphatic heterocycles. The van der Waals surface area contributed by atoms with E-state index >= 15 is 0 Å². The van der Waals surface area contributed by atoms with Crippen LogP contribution in [0.2, 0.25) is 0 Å². The third-order valence-corrected chi connectivity index (χ3v) is 8.31. The summed E-state index contributed by atoms with van der Waals surface area (Å²) in [7, 11) is 0. The molecule has 282 valence electrons. The highest BCUT2D eigenvalue weighted by Gasteiger charge is 2.28. The Morgan fingerprint density at radius 3 is 1.12 bits per heavy atom. The van der Waals surface area contributed by atoms with E-state index in [2.05, 4.69) is 35.1 Å². The quantitative estimate of drug-likeness (QED) is 0.0384. The molecule has 18 heteroatoms. The molecule has 0 heterocycles. The highest BCUT2D eigenvalue weighted by Crippen LogP contribution is 2.42. The molecule has 16 nitrogen and oxygen atoms in total. The zero-order chi connectivity index (χ0) is 38.2. The van der Waals surface area contributed by atoms with E-state index in [-0.39, 0.29) is 11.4 Å². The van der Waals surface area contributed by atoms with Gasteiger partial charge < -0.3 is 21.3 Å². The van der Waals surface area contributed by atoms with E-state index in [1.54, 1.807) is 6.07 Å². The molecule has 0 atom stereocenters. The van der Waals surface area contributed by atoms with Gasteiger partial charge in [0, 0.05) is 25.2 Å². The van der Waals surface area contributed by atoms with E-state index in [0.717, 1.165) is 77.0 Å². The lowest BCUT2D eigenvalue weighted by Gasteiger charge is -2.21. The highest BCUT2D eigenvalue weighted by atomic mass is 19.1. The second-order valence-corrected chi connectivity index (χ2v) is 12.3. The van der Waals surface area contributed by atoms with Gasteiger partial charge in [0.05, 0.1) is 54.6 Å². The first-order valence-corrected chi connectivity index (χ1v) is 17.3. The number of halogens is 2. The molecule has 3 rings (SSSR count). The van der Waals surface area contributed by atoms with Crippen LogP contribution in [0.1, 0.15) is 90.9 Å². The minimum absolute atomic E-state index is 0.111. The van der Waals surface area contributed by atoms with E-state index in [9.17, 15) is 49.2 Å². The Labute approximate surface area is 299 Å². The summed E-state index contributed by atoms with van der Waals surface area (Å²) >= 11 is 0. The van der Waals surface area contributed by atoms with Gasteiger partial charge in [0.1, 0.15) is 11.4 Å².